The maximum Gasteiger partial charge on any atom is 0.276 e. The summed E-state index contributed by atoms with van der Waals surface area (Å²) in [5.41, 5.74) is 5.91. The van der Waals surface area contributed by atoms with Gasteiger partial charge < -0.3 is 9.47 Å². The first-order chi connectivity index (χ1) is 11.9. The molecule has 132 valence electrons. The van der Waals surface area contributed by atoms with Gasteiger partial charge in [0, 0.05) is 10.0 Å². The molecule has 0 radical (unpaired) electrons. The van der Waals surface area contributed by atoms with E-state index < -0.39 is 11.8 Å². The molecule has 2 rings (SSSR count). The Balaban J connectivity index is 1.85. The summed E-state index contributed by atoms with van der Waals surface area (Å²) >= 11 is 6.76. The number of halogens is 2. The molecule has 0 spiro atoms. The molecule has 0 aromatic heterocycles. The van der Waals surface area contributed by atoms with Crippen LogP contribution in [0.4, 0.5) is 0 Å². The van der Waals surface area contributed by atoms with Crippen molar-refractivity contribution in [1.29, 1.82) is 0 Å². The first-order valence-corrected chi connectivity index (χ1v) is 8.81. The highest BCUT2D eigenvalue weighted by molar-refractivity contribution is 9.11. The van der Waals surface area contributed by atoms with Gasteiger partial charge in [-0.25, -0.2) is 0 Å². The number of aryl methyl sites for hydroxylation is 1. The van der Waals surface area contributed by atoms with Crippen LogP contribution in [0.25, 0.3) is 0 Å². The fourth-order valence-electron chi connectivity index (χ4n) is 1.99. The van der Waals surface area contributed by atoms with Gasteiger partial charge >= 0.3 is 0 Å². The van der Waals surface area contributed by atoms with E-state index in [1.54, 1.807) is 31.4 Å². The fourth-order valence-corrected chi connectivity index (χ4v) is 3.54. The summed E-state index contributed by atoms with van der Waals surface area (Å²) in [5.74, 6) is 0.303. The van der Waals surface area contributed by atoms with Crippen LogP contribution in [0.3, 0.4) is 0 Å². The summed E-state index contributed by atoms with van der Waals surface area (Å²) in [5, 5.41) is 0. The van der Waals surface area contributed by atoms with Crippen molar-refractivity contribution < 1.29 is 19.1 Å². The summed E-state index contributed by atoms with van der Waals surface area (Å²) in [6.45, 7) is 1.64. The maximum absolute atomic E-state index is 11.9. The molecule has 0 fully saturated rings. The van der Waals surface area contributed by atoms with Crippen LogP contribution in [0, 0.1) is 6.92 Å². The van der Waals surface area contributed by atoms with Crippen LogP contribution in [-0.4, -0.2) is 25.5 Å². The van der Waals surface area contributed by atoms with Crippen LogP contribution in [0.15, 0.2) is 45.3 Å². The van der Waals surface area contributed by atoms with Crippen molar-refractivity contribution >= 4 is 43.7 Å². The fraction of sp³-hybridized carbons (Fsp3) is 0.176. The summed E-state index contributed by atoms with van der Waals surface area (Å²) in [4.78, 5) is 23.8. The Bertz CT molecular complexity index is 756. The number of carbonyl (C=O) groups excluding carboxylic acids is 2. The van der Waals surface area contributed by atoms with Gasteiger partial charge in [0.1, 0.15) is 11.5 Å². The van der Waals surface area contributed by atoms with E-state index in [9.17, 15) is 9.59 Å². The number of carbonyl (C=O) groups is 2. The quantitative estimate of drug-likeness (QED) is 0.655. The van der Waals surface area contributed by atoms with E-state index >= 15 is 0 Å². The monoisotopic (exact) mass is 470 g/mol. The third-order valence-corrected chi connectivity index (χ3v) is 4.26. The molecule has 0 saturated carbocycles. The minimum absolute atomic E-state index is 0.232. The highest BCUT2D eigenvalue weighted by atomic mass is 79.9. The molecule has 6 nitrogen and oxygen atoms in total. The van der Waals surface area contributed by atoms with Gasteiger partial charge in [-0.05, 0) is 64.8 Å². The van der Waals surface area contributed by atoms with Crippen LogP contribution in [0.5, 0.6) is 11.5 Å². The number of methoxy groups -OCH3 is 1. The molecule has 0 heterocycles. The van der Waals surface area contributed by atoms with E-state index in [-0.39, 0.29) is 6.61 Å². The summed E-state index contributed by atoms with van der Waals surface area (Å²) in [7, 11) is 1.54. The van der Waals surface area contributed by atoms with Crippen molar-refractivity contribution in [2.75, 3.05) is 13.7 Å². The van der Waals surface area contributed by atoms with E-state index in [0.29, 0.717) is 17.1 Å². The zero-order chi connectivity index (χ0) is 18.4. The zero-order valence-electron chi connectivity index (χ0n) is 13.6. The van der Waals surface area contributed by atoms with Crippen molar-refractivity contribution in [2.24, 2.45) is 0 Å². The van der Waals surface area contributed by atoms with Crippen molar-refractivity contribution in [3.63, 3.8) is 0 Å². The minimum atomic E-state index is -0.476. The lowest BCUT2D eigenvalue weighted by molar-refractivity contribution is -0.123. The highest BCUT2D eigenvalue weighted by Gasteiger charge is 2.11. The third kappa shape index (κ3) is 5.47. The van der Waals surface area contributed by atoms with Crippen LogP contribution >= 0.6 is 31.9 Å². The molecule has 2 aromatic rings. The van der Waals surface area contributed by atoms with Gasteiger partial charge in [0.15, 0.2) is 6.61 Å². The van der Waals surface area contributed by atoms with Crippen molar-refractivity contribution in [2.45, 2.75) is 6.92 Å². The number of amides is 2. The second kappa shape index (κ2) is 8.87. The SMILES string of the molecule is COc1ccc(C(=O)NNC(=O)COc2c(C)cc(Br)cc2Br)cc1. The molecular weight excluding hydrogens is 456 g/mol. The first-order valence-electron chi connectivity index (χ1n) is 7.22. The van der Waals surface area contributed by atoms with Gasteiger partial charge in [-0.1, -0.05) is 15.9 Å². The average molecular weight is 472 g/mol. The standard InChI is InChI=1S/C17H16Br2N2O4/c1-10-7-12(18)8-14(19)16(10)25-9-15(22)20-21-17(23)11-3-5-13(24-2)6-4-11/h3-8H,9H2,1-2H3,(H,20,22)(H,21,23). The lowest BCUT2D eigenvalue weighted by atomic mass is 10.2. The van der Waals surface area contributed by atoms with Crippen molar-refractivity contribution in [3.05, 3.63) is 56.5 Å². The normalized spacial score (nSPS) is 10.1. The molecule has 2 aromatic carbocycles. The Morgan fingerprint density at radius 3 is 2.36 bits per heavy atom. The molecule has 0 aliphatic rings. The Morgan fingerprint density at radius 2 is 1.76 bits per heavy atom. The van der Waals surface area contributed by atoms with E-state index in [4.69, 9.17) is 9.47 Å². The summed E-state index contributed by atoms with van der Waals surface area (Å²) in [6, 6.07) is 10.2. The predicted molar refractivity (Wildman–Crippen MR) is 101 cm³/mol. The second-order valence-electron chi connectivity index (χ2n) is 5.05. The number of nitrogens with one attached hydrogen (secondary N) is 2. The van der Waals surface area contributed by atoms with Crippen molar-refractivity contribution in [3.8, 4) is 11.5 Å². The third-order valence-electron chi connectivity index (χ3n) is 3.21. The molecule has 0 bridgehead atoms. The van der Waals surface area contributed by atoms with E-state index in [2.05, 4.69) is 42.7 Å². The molecule has 0 atom stereocenters. The largest absolute Gasteiger partial charge is 0.497 e. The molecule has 0 saturated heterocycles. The summed E-state index contributed by atoms with van der Waals surface area (Å²) in [6.07, 6.45) is 0. The number of hydrazine groups is 1. The summed E-state index contributed by atoms with van der Waals surface area (Å²) < 4.78 is 12.2. The lowest BCUT2D eigenvalue weighted by Gasteiger charge is -2.12. The van der Waals surface area contributed by atoms with Crippen LogP contribution in [0.2, 0.25) is 0 Å². The number of hydrogen-bond donors (Lipinski definition) is 2. The first kappa shape index (κ1) is 19.3. The van der Waals surface area contributed by atoms with Crippen LogP contribution in [-0.2, 0) is 4.79 Å². The average Bonchev–Trinajstić information content (AvgIpc) is 2.58. The number of hydrogen-bond acceptors (Lipinski definition) is 4. The van der Waals surface area contributed by atoms with Gasteiger partial charge in [-0.15, -0.1) is 0 Å². The van der Waals surface area contributed by atoms with E-state index in [0.717, 1.165) is 14.5 Å². The molecule has 2 N–H and O–H groups in total. The highest BCUT2D eigenvalue weighted by Crippen LogP contribution is 2.32. The Hall–Kier alpha value is -2.06. The topological polar surface area (TPSA) is 76.7 Å². The minimum Gasteiger partial charge on any atom is -0.497 e. The van der Waals surface area contributed by atoms with Gasteiger partial charge in [0.05, 0.1) is 11.6 Å². The molecule has 0 unspecified atom stereocenters. The lowest BCUT2D eigenvalue weighted by Crippen LogP contribution is -2.43. The Kier molecular flexibility index (Phi) is 6.83. The zero-order valence-corrected chi connectivity index (χ0v) is 16.7. The smallest absolute Gasteiger partial charge is 0.276 e. The molecule has 0 aliphatic heterocycles. The van der Waals surface area contributed by atoms with Gasteiger partial charge in [0.25, 0.3) is 11.8 Å². The predicted octanol–water partition coefficient (Wildman–Crippen LogP) is 3.37. The van der Waals surface area contributed by atoms with Crippen LogP contribution in [0.1, 0.15) is 15.9 Å². The molecular formula is C17H16Br2N2O4. The number of benzene rings is 2. The molecule has 8 heteroatoms. The van der Waals surface area contributed by atoms with E-state index in [1.165, 1.54) is 0 Å². The van der Waals surface area contributed by atoms with Crippen molar-refractivity contribution in [1.82, 2.24) is 10.9 Å². The second-order valence-corrected chi connectivity index (χ2v) is 6.82. The molecule has 0 aliphatic carbocycles. The Morgan fingerprint density at radius 1 is 1.08 bits per heavy atom. The number of ether oxygens (including phenoxy) is 2. The maximum atomic E-state index is 11.9. The number of rotatable bonds is 5. The Labute approximate surface area is 162 Å². The van der Waals surface area contributed by atoms with Crippen LogP contribution < -0.4 is 20.3 Å². The molecule has 2 amide bonds. The van der Waals surface area contributed by atoms with Gasteiger partial charge in [-0.3, -0.25) is 20.4 Å². The van der Waals surface area contributed by atoms with Gasteiger partial charge in [0.2, 0.25) is 0 Å². The van der Waals surface area contributed by atoms with Gasteiger partial charge in [-0.2, -0.15) is 0 Å². The van der Waals surface area contributed by atoms with E-state index in [1.807, 2.05) is 19.1 Å². The molecule has 25 heavy (non-hydrogen) atoms.